The number of carbonyl (C=O) groups is 1. The number of fused-ring (bicyclic) bond motifs is 1. The predicted octanol–water partition coefficient (Wildman–Crippen LogP) is 3.53. The number of rotatable bonds is 4. The van der Waals surface area contributed by atoms with Crippen LogP contribution in [0.4, 0.5) is 10.1 Å². The Bertz CT molecular complexity index is 1250. The van der Waals surface area contributed by atoms with Gasteiger partial charge < -0.3 is 10.4 Å². The second-order valence-electron chi connectivity index (χ2n) is 7.34. The molecule has 0 saturated heterocycles. The summed E-state index contributed by atoms with van der Waals surface area (Å²) < 4.78 is 16.0. The summed E-state index contributed by atoms with van der Waals surface area (Å²) in [5, 5.41) is 17.5. The number of carbonyl (C=O) groups excluding carboxylic acids is 1. The van der Waals surface area contributed by atoms with E-state index in [1.165, 1.54) is 19.2 Å². The van der Waals surface area contributed by atoms with Crippen LogP contribution in [0.3, 0.4) is 0 Å². The van der Waals surface area contributed by atoms with Crippen LogP contribution < -0.4 is 10.9 Å². The number of nitrogens with zero attached hydrogens (tertiary/aromatic N) is 2. The highest BCUT2D eigenvalue weighted by atomic mass is 35.5. The lowest BCUT2D eigenvalue weighted by Crippen LogP contribution is -2.23. The van der Waals surface area contributed by atoms with E-state index in [4.69, 9.17) is 11.6 Å². The van der Waals surface area contributed by atoms with Gasteiger partial charge in [-0.1, -0.05) is 23.7 Å². The number of halogens is 2. The minimum absolute atomic E-state index is 0.0101. The van der Waals surface area contributed by atoms with E-state index in [9.17, 15) is 19.1 Å². The summed E-state index contributed by atoms with van der Waals surface area (Å²) in [6.07, 6.45) is 1.19. The van der Waals surface area contributed by atoms with Crippen LogP contribution in [-0.4, -0.2) is 20.8 Å². The summed E-state index contributed by atoms with van der Waals surface area (Å²) >= 11 is 6.39. The average molecular weight is 428 g/mol. The number of aromatic nitrogens is 2. The van der Waals surface area contributed by atoms with Gasteiger partial charge in [0.15, 0.2) is 5.75 Å². The zero-order valence-electron chi connectivity index (χ0n) is 16.4. The molecule has 1 aliphatic rings. The van der Waals surface area contributed by atoms with Crippen LogP contribution in [0.5, 0.6) is 5.75 Å². The van der Waals surface area contributed by atoms with Crippen LogP contribution in [-0.2, 0) is 31.1 Å². The molecule has 0 aliphatic carbocycles. The molecule has 8 heteroatoms. The molecule has 0 atom stereocenters. The topological polar surface area (TPSA) is 84.2 Å². The first-order valence-corrected chi connectivity index (χ1v) is 9.80. The van der Waals surface area contributed by atoms with Gasteiger partial charge in [-0.05, 0) is 54.7 Å². The van der Waals surface area contributed by atoms with Crippen molar-refractivity contribution < 1.29 is 14.3 Å². The van der Waals surface area contributed by atoms with Crippen LogP contribution in [0.2, 0.25) is 5.02 Å². The van der Waals surface area contributed by atoms with Crippen molar-refractivity contribution in [2.45, 2.75) is 26.2 Å². The monoisotopic (exact) mass is 427 g/mol. The first-order chi connectivity index (χ1) is 14.3. The van der Waals surface area contributed by atoms with Crippen LogP contribution in [0.15, 0.2) is 35.1 Å². The fourth-order valence-electron chi connectivity index (χ4n) is 3.80. The normalized spacial score (nSPS) is 12.7. The maximum absolute atomic E-state index is 14.9. The number of hydrogen-bond donors (Lipinski definition) is 2. The molecule has 0 radical (unpaired) electrons. The van der Waals surface area contributed by atoms with Gasteiger partial charge in [0.25, 0.3) is 5.56 Å². The van der Waals surface area contributed by atoms with Gasteiger partial charge in [0.05, 0.1) is 12.0 Å². The molecule has 2 aromatic carbocycles. The predicted molar refractivity (Wildman–Crippen MR) is 112 cm³/mol. The molecule has 1 aliphatic heterocycles. The molecule has 3 aromatic rings. The van der Waals surface area contributed by atoms with Crippen molar-refractivity contribution in [2.75, 3.05) is 5.32 Å². The third kappa shape index (κ3) is 3.45. The van der Waals surface area contributed by atoms with Crippen LogP contribution in [0, 0.1) is 12.7 Å². The fourth-order valence-corrected chi connectivity index (χ4v) is 4.06. The molecule has 2 N–H and O–H groups in total. The van der Waals surface area contributed by atoms with E-state index in [1.807, 2.05) is 18.2 Å². The Morgan fingerprint density at radius 2 is 1.97 bits per heavy atom. The maximum Gasteiger partial charge on any atom is 0.278 e. The van der Waals surface area contributed by atoms with Gasteiger partial charge in [0.2, 0.25) is 5.91 Å². The van der Waals surface area contributed by atoms with E-state index in [1.54, 1.807) is 6.92 Å². The molecular formula is C22H19ClFN3O3. The lowest BCUT2D eigenvalue weighted by molar-refractivity contribution is -0.115. The van der Waals surface area contributed by atoms with E-state index in [0.29, 0.717) is 29.8 Å². The van der Waals surface area contributed by atoms with Gasteiger partial charge >= 0.3 is 0 Å². The zero-order valence-corrected chi connectivity index (χ0v) is 17.2. The largest absolute Gasteiger partial charge is 0.505 e. The molecule has 30 heavy (non-hydrogen) atoms. The SMILES string of the molecule is Cc1nn(C)c(=O)c(-c2c(F)ccc(Cl)c2CCc2ccc3c(c2)CC(=O)N3)c1O. The summed E-state index contributed by atoms with van der Waals surface area (Å²) in [5.41, 5.74) is 2.56. The second-order valence-corrected chi connectivity index (χ2v) is 7.74. The van der Waals surface area contributed by atoms with E-state index in [-0.39, 0.29) is 28.5 Å². The molecule has 6 nitrogen and oxygen atoms in total. The molecule has 1 aromatic heterocycles. The highest BCUT2D eigenvalue weighted by molar-refractivity contribution is 6.31. The van der Waals surface area contributed by atoms with Crippen LogP contribution >= 0.6 is 11.6 Å². The van der Waals surface area contributed by atoms with Crippen molar-refractivity contribution >= 4 is 23.2 Å². The summed E-state index contributed by atoms with van der Waals surface area (Å²) in [4.78, 5) is 24.2. The van der Waals surface area contributed by atoms with Crippen molar-refractivity contribution in [1.82, 2.24) is 9.78 Å². The number of anilines is 1. The van der Waals surface area contributed by atoms with E-state index in [2.05, 4.69) is 10.4 Å². The Hall–Kier alpha value is -3.19. The van der Waals surface area contributed by atoms with Gasteiger partial charge in [-0.3, -0.25) is 9.59 Å². The number of benzene rings is 2. The zero-order chi connectivity index (χ0) is 21.6. The van der Waals surface area contributed by atoms with Gasteiger partial charge in [0, 0.05) is 23.3 Å². The summed E-state index contributed by atoms with van der Waals surface area (Å²) in [6, 6.07) is 8.30. The Kier molecular flexibility index (Phi) is 5.07. The minimum atomic E-state index is -0.642. The van der Waals surface area contributed by atoms with Crippen molar-refractivity contribution in [1.29, 1.82) is 0 Å². The smallest absolute Gasteiger partial charge is 0.278 e. The Balaban J connectivity index is 1.76. The van der Waals surface area contributed by atoms with E-state index >= 15 is 0 Å². The quantitative estimate of drug-likeness (QED) is 0.667. The lowest BCUT2D eigenvalue weighted by Gasteiger charge is -2.15. The Morgan fingerprint density at radius 1 is 1.20 bits per heavy atom. The highest BCUT2D eigenvalue weighted by Crippen LogP contribution is 2.36. The Labute approximate surface area is 176 Å². The van der Waals surface area contributed by atoms with Crippen molar-refractivity contribution in [3.05, 3.63) is 73.9 Å². The molecule has 154 valence electrons. The molecule has 2 heterocycles. The van der Waals surface area contributed by atoms with Crippen molar-refractivity contribution in [3.8, 4) is 16.9 Å². The molecule has 0 bridgehead atoms. The minimum Gasteiger partial charge on any atom is -0.505 e. The number of hydrogen-bond acceptors (Lipinski definition) is 4. The molecule has 0 spiro atoms. The van der Waals surface area contributed by atoms with Crippen LogP contribution in [0.1, 0.15) is 22.4 Å². The van der Waals surface area contributed by atoms with Gasteiger partial charge in [0.1, 0.15) is 11.5 Å². The van der Waals surface area contributed by atoms with Gasteiger partial charge in [-0.2, -0.15) is 5.10 Å². The number of amides is 1. The van der Waals surface area contributed by atoms with E-state index < -0.39 is 11.4 Å². The standard InChI is InChI=1S/C22H19ClFN3O3/c1-11-21(29)20(22(30)27(2)26-11)19-14(15(23)6-7-16(19)24)5-3-12-4-8-17-13(9-12)10-18(28)25-17/h4,6-9,29H,3,5,10H2,1-2H3,(H,25,28). The maximum atomic E-state index is 14.9. The van der Waals surface area contributed by atoms with Crippen LogP contribution in [0.25, 0.3) is 11.1 Å². The molecule has 1 amide bonds. The fraction of sp³-hybridized carbons (Fsp3) is 0.227. The van der Waals surface area contributed by atoms with Crippen molar-refractivity contribution in [2.24, 2.45) is 7.05 Å². The Morgan fingerprint density at radius 3 is 2.73 bits per heavy atom. The molecule has 0 unspecified atom stereocenters. The van der Waals surface area contributed by atoms with Crippen molar-refractivity contribution in [3.63, 3.8) is 0 Å². The molecule has 0 saturated carbocycles. The number of nitrogens with one attached hydrogen (secondary N) is 1. The number of aromatic hydroxyl groups is 1. The first kappa shape index (κ1) is 20.1. The highest BCUT2D eigenvalue weighted by Gasteiger charge is 2.23. The second kappa shape index (κ2) is 7.57. The lowest BCUT2D eigenvalue weighted by atomic mass is 9.94. The average Bonchev–Trinajstić information content (AvgIpc) is 3.07. The van der Waals surface area contributed by atoms with Gasteiger partial charge in [-0.25, -0.2) is 9.07 Å². The first-order valence-electron chi connectivity index (χ1n) is 9.42. The van der Waals surface area contributed by atoms with Gasteiger partial charge in [-0.15, -0.1) is 0 Å². The molecule has 0 fully saturated rings. The third-order valence-corrected chi connectivity index (χ3v) is 5.65. The number of aryl methyl sites for hydroxylation is 3. The summed E-state index contributed by atoms with van der Waals surface area (Å²) in [7, 11) is 1.44. The summed E-state index contributed by atoms with van der Waals surface area (Å²) in [6.45, 7) is 1.54. The van der Waals surface area contributed by atoms with E-state index in [0.717, 1.165) is 21.5 Å². The molecule has 4 rings (SSSR count). The molecular weight excluding hydrogens is 409 g/mol. The third-order valence-electron chi connectivity index (χ3n) is 5.30. The summed E-state index contributed by atoms with van der Waals surface area (Å²) in [5.74, 6) is -1.05.